The van der Waals surface area contributed by atoms with Gasteiger partial charge in [0.05, 0.1) is 43.8 Å². The van der Waals surface area contributed by atoms with Gasteiger partial charge in [0.25, 0.3) is 15.9 Å². The molecule has 1 unspecified atom stereocenters. The number of aromatic nitrogens is 1. The Hall–Kier alpha value is -2.47. The lowest BCUT2D eigenvalue weighted by molar-refractivity contribution is -0.137. The predicted octanol–water partition coefficient (Wildman–Crippen LogP) is 5.46. The molecule has 0 bridgehead atoms. The first-order valence-electron chi connectivity index (χ1n) is 9.92. The van der Waals surface area contributed by atoms with Gasteiger partial charge in [0.2, 0.25) is 0 Å². The molecule has 14 heteroatoms. The Kier molecular flexibility index (Phi) is 6.98. The van der Waals surface area contributed by atoms with Crippen molar-refractivity contribution >= 4 is 56.4 Å². The van der Waals surface area contributed by atoms with E-state index in [1.807, 2.05) is 0 Å². The Bertz CT molecular complexity index is 1360. The summed E-state index contributed by atoms with van der Waals surface area (Å²) in [5, 5.41) is -1.04. The lowest BCUT2D eigenvalue weighted by Crippen LogP contribution is -2.39. The highest BCUT2D eigenvalue weighted by Gasteiger charge is 2.35. The quantitative estimate of drug-likeness (QED) is 0.495. The van der Waals surface area contributed by atoms with E-state index in [1.165, 1.54) is 4.90 Å². The Morgan fingerprint density at radius 3 is 2.69 bits per heavy atom. The first-order chi connectivity index (χ1) is 16.4. The molecule has 7 nitrogen and oxygen atoms in total. The third-order valence-electron chi connectivity index (χ3n) is 5.13. The third kappa shape index (κ3) is 5.37. The fourth-order valence-electron chi connectivity index (χ4n) is 3.53. The first-order valence-corrected chi connectivity index (χ1v) is 12.6. The number of carbonyl (C=O) groups is 1. The number of amides is 1. The molecule has 0 saturated heterocycles. The van der Waals surface area contributed by atoms with E-state index in [0.29, 0.717) is 23.9 Å². The highest BCUT2D eigenvalue weighted by Crippen LogP contribution is 2.37. The van der Waals surface area contributed by atoms with Gasteiger partial charge in [0, 0.05) is 12.6 Å². The van der Waals surface area contributed by atoms with E-state index < -0.39 is 37.6 Å². The Morgan fingerprint density at radius 1 is 1.23 bits per heavy atom. The number of ether oxygens (including phenoxy) is 1. The summed E-state index contributed by atoms with van der Waals surface area (Å²) >= 11 is 17.7. The maximum Gasteiger partial charge on any atom is 0.417 e. The number of alkyl halides is 4. The number of carbonyl (C=O) groups excluding carboxylic acids is 1. The Balaban J connectivity index is 1.71. The lowest BCUT2D eigenvalue weighted by atomic mass is 10.1. The van der Waals surface area contributed by atoms with E-state index in [1.54, 1.807) is 12.2 Å². The molecular weight excluding hydrogens is 554 g/mol. The Labute approximate surface area is 213 Å². The van der Waals surface area contributed by atoms with Crippen molar-refractivity contribution in [2.75, 3.05) is 17.9 Å². The number of rotatable bonds is 4. The van der Waals surface area contributed by atoms with E-state index in [9.17, 15) is 26.4 Å². The lowest BCUT2D eigenvalue weighted by Gasteiger charge is -2.34. The summed E-state index contributed by atoms with van der Waals surface area (Å²) in [5.41, 5.74) is -1.44. The van der Waals surface area contributed by atoms with Crippen LogP contribution < -0.4 is 4.72 Å². The summed E-state index contributed by atoms with van der Waals surface area (Å²) < 4.78 is 73.3. The highest BCUT2D eigenvalue weighted by molar-refractivity contribution is 7.92. The largest absolute Gasteiger partial charge is 0.490 e. The number of anilines is 1. The molecule has 0 saturated carbocycles. The maximum absolute atomic E-state index is 13.4. The molecular formula is C21H15Cl3F3N3O4S. The summed E-state index contributed by atoms with van der Waals surface area (Å²) in [6.45, 7) is 0.333. The van der Waals surface area contributed by atoms with Crippen LogP contribution in [0.25, 0.3) is 0 Å². The summed E-state index contributed by atoms with van der Waals surface area (Å²) in [5.74, 6) is -0.208. The predicted molar refractivity (Wildman–Crippen MR) is 124 cm³/mol. The topological polar surface area (TPSA) is 88.6 Å². The van der Waals surface area contributed by atoms with E-state index in [4.69, 9.17) is 39.5 Å². The number of benzene rings is 1. The van der Waals surface area contributed by atoms with E-state index in [0.717, 1.165) is 24.4 Å². The van der Waals surface area contributed by atoms with Gasteiger partial charge in [-0.1, -0.05) is 29.3 Å². The molecule has 1 aromatic carbocycles. The van der Waals surface area contributed by atoms with Crippen molar-refractivity contribution in [3.63, 3.8) is 0 Å². The van der Waals surface area contributed by atoms with Crippen molar-refractivity contribution in [1.82, 2.24) is 9.88 Å². The zero-order valence-electron chi connectivity index (χ0n) is 17.4. The summed E-state index contributed by atoms with van der Waals surface area (Å²) in [6, 6.07) is 3.27. The van der Waals surface area contributed by atoms with Crippen molar-refractivity contribution in [3.8, 4) is 0 Å². The molecule has 35 heavy (non-hydrogen) atoms. The van der Waals surface area contributed by atoms with E-state index >= 15 is 0 Å². The molecule has 1 amide bonds. The average Bonchev–Trinajstić information content (AvgIpc) is 2.77. The number of hydrogen-bond donors (Lipinski definition) is 1. The van der Waals surface area contributed by atoms with Crippen molar-refractivity contribution in [2.45, 2.75) is 22.9 Å². The number of halogens is 6. The molecule has 2 aliphatic rings. The third-order valence-corrected chi connectivity index (χ3v) is 7.33. The second-order valence-corrected chi connectivity index (χ2v) is 10.6. The van der Waals surface area contributed by atoms with Gasteiger partial charge >= 0.3 is 6.18 Å². The van der Waals surface area contributed by atoms with Crippen molar-refractivity contribution in [3.05, 3.63) is 75.4 Å². The number of hydrogen-bond acceptors (Lipinski definition) is 5. The van der Waals surface area contributed by atoms with E-state index in [2.05, 4.69) is 9.71 Å². The normalized spacial score (nSPS) is 18.2. The van der Waals surface area contributed by atoms with Crippen LogP contribution in [0.5, 0.6) is 0 Å². The fraction of sp³-hybridized carbons (Fsp3) is 0.238. The van der Waals surface area contributed by atoms with E-state index in [-0.39, 0.29) is 34.9 Å². The van der Waals surface area contributed by atoms with Gasteiger partial charge in [-0.15, -0.1) is 11.6 Å². The number of sulfonamides is 1. The van der Waals surface area contributed by atoms with Crippen LogP contribution >= 0.6 is 34.8 Å². The fourth-order valence-corrected chi connectivity index (χ4v) is 5.21. The van der Waals surface area contributed by atoms with Crippen LogP contribution in [0, 0.1) is 0 Å². The number of pyridine rings is 1. The number of allylic oxidation sites excluding steroid dienone is 3. The van der Waals surface area contributed by atoms with Crippen LogP contribution in [0.3, 0.4) is 0 Å². The van der Waals surface area contributed by atoms with Gasteiger partial charge in [0.15, 0.2) is 5.69 Å². The van der Waals surface area contributed by atoms with Crippen molar-refractivity contribution in [1.29, 1.82) is 0 Å². The molecule has 186 valence electrons. The monoisotopic (exact) mass is 567 g/mol. The van der Waals surface area contributed by atoms with Gasteiger partial charge in [-0.3, -0.25) is 9.52 Å². The molecule has 0 fully saturated rings. The van der Waals surface area contributed by atoms with Crippen LogP contribution in [0.2, 0.25) is 10.0 Å². The van der Waals surface area contributed by atoms with Crippen LogP contribution in [0.1, 0.15) is 22.5 Å². The van der Waals surface area contributed by atoms with Crippen molar-refractivity contribution < 1.29 is 31.1 Å². The molecule has 2 heterocycles. The molecule has 1 N–H and O–H groups in total. The minimum atomic E-state index is -4.88. The summed E-state index contributed by atoms with van der Waals surface area (Å²) in [6.07, 6.45) is -0.0719. The molecule has 4 rings (SSSR count). The standard InChI is InChI=1S/C21H15Cl3F3N3O4S/c22-11-1-4-18-17(8-11)30(5-6-34-18)20(31)19-16(7-12(23)10-28-19)29-35(32,33)13-2-3-15(24)14(9-13)21(25,26)27/h1-4,7,9-11,29H,5-6,8H2. The van der Waals surface area contributed by atoms with Gasteiger partial charge in [-0.05, 0) is 30.3 Å². The molecule has 1 atom stereocenters. The van der Waals surface area contributed by atoms with Gasteiger partial charge in [0.1, 0.15) is 12.4 Å². The van der Waals surface area contributed by atoms with Crippen LogP contribution in [-0.4, -0.2) is 42.7 Å². The second kappa shape index (κ2) is 9.53. The maximum atomic E-state index is 13.4. The zero-order valence-corrected chi connectivity index (χ0v) is 20.5. The number of nitrogens with zero attached hydrogens (tertiary/aromatic N) is 2. The minimum Gasteiger partial charge on any atom is -0.490 e. The van der Waals surface area contributed by atoms with Crippen LogP contribution in [0.4, 0.5) is 18.9 Å². The molecule has 0 radical (unpaired) electrons. The molecule has 1 aromatic heterocycles. The summed E-state index contributed by atoms with van der Waals surface area (Å²) in [4.78, 5) is 18.1. The molecule has 1 aliphatic carbocycles. The zero-order chi connectivity index (χ0) is 25.5. The van der Waals surface area contributed by atoms with Gasteiger partial charge in [-0.2, -0.15) is 13.2 Å². The second-order valence-electron chi connectivity index (χ2n) is 7.49. The van der Waals surface area contributed by atoms with Gasteiger partial charge in [-0.25, -0.2) is 13.4 Å². The Morgan fingerprint density at radius 2 is 1.97 bits per heavy atom. The van der Waals surface area contributed by atoms with Crippen LogP contribution in [0.15, 0.2) is 59.0 Å². The molecule has 1 aliphatic heterocycles. The smallest absolute Gasteiger partial charge is 0.417 e. The SMILES string of the molecule is O=C(c1ncc(Cl)cc1NS(=O)(=O)c1ccc(Cl)c(C(F)(F)F)c1)N1CCOC2=C1CC(Cl)C=C2. The van der Waals surface area contributed by atoms with Gasteiger partial charge < -0.3 is 9.64 Å². The summed E-state index contributed by atoms with van der Waals surface area (Å²) in [7, 11) is -4.60. The van der Waals surface area contributed by atoms with Crippen molar-refractivity contribution in [2.24, 2.45) is 0 Å². The first kappa shape index (κ1) is 25.6. The molecule has 2 aromatic rings. The molecule has 0 spiro atoms. The van der Waals surface area contributed by atoms with Crippen LogP contribution in [-0.2, 0) is 20.9 Å². The number of nitrogens with one attached hydrogen (secondary N) is 1. The average molecular weight is 569 g/mol. The minimum absolute atomic E-state index is 0.00496. The highest BCUT2D eigenvalue weighted by atomic mass is 35.5.